The van der Waals surface area contributed by atoms with Crippen LogP contribution in [0.15, 0.2) is 64.3 Å². The second kappa shape index (κ2) is 7.31. The third-order valence-electron chi connectivity index (χ3n) is 3.76. The molecule has 26 heavy (non-hydrogen) atoms. The molecule has 2 aromatic heterocycles. The fourth-order valence-electron chi connectivity index (χ4n) is 2.39. The van der Waals surface area contributed by atoms with Gasteiger partial charge in [0.2, 0.25) is 5.16 Å². The Kier molecular flexibility index (Phi) is 4.73. The highest BCUT2D eigenvalue weighted by Crippen LogP contribution is 2.26. The van der Waals surface area contributed by atoms with Crippen molar-refractivity contribution >= 4 is 23.4 Å². The first-order chi connectivity index (χ1) is 12.7. The van der Waals surface area contributed by atoms with Gasteiger partial charge in [0.25, 0.3) is 0 Å². The number of tetrazole rings is 1. The Labute approximate surface area is 159 Å². The molecule has 2 heterocycles. The van der Waals surface area contributed by atoms with E-state index in [4.69, 9.17) is 16.1 Å². The van der Waals surface area contributed by atoms with Crippen LogP contribution in [0.3, 0.4) is 0 Å². The molecular weight excluding hydrogens is 370 g/mol. The van der Waals surface area contributed by atoms with E-state index >= 15 is 0 Å². The summed E-state index contributed by atoms with van der Waals surface area (Å²) in [6, 6.07) is 17.4. The lowest BCUT2D eigenvalue weighted by Crippen LogP contribution is -1.98. The average Bonchev–Trinajstić information content (AvgIpc) is 3.30. The fourth-order valence-corrected chi connectivity index (χ4v) is 3.28. The number of aromatic nitrogens is 5. The van der Waals surface area contributed by atoms with Gasteiger partial charge in [0.1, 0.15) is 11.5 Å². The van der Waals surface area contributed by atoms with E-state index < -0.39 is 0 Å². The lowest BCUT2D eigenvalue weighted by Gasteiger charge is -2.03. The van der Waals surface area contributed by atoms with Crippen LogP contribution in [-0.4, -0.2) is 25.4 Å². The Bertz CT molecular complexity index is 1010. The Morgan fingerprint density at radius 1 is 1.08 bits per heavy atom. The van der Waals surface area contributed by atoms with Crippen LogP contribution in [0.1, 0.15) is 11.3 Å². The molecule has 0 unspecified atom stereocenters. The monoisotopic (exact) mass is 383 g/mol. The van der Waals surface area contributed by atoms with Gasteiger partial charge in [-0.2, -0.15) is 4.68 Å². The quantitative estimate of drug-likeness (QED) is 0.470. The first-order valence-corrected chi connectivity index (χ1v) is 9.25. The molecule has 130 valence electrons. The number of rotatable bonds is 5. The minimum absolute atomic E-state index is 0.576. The van der Waals surface area contributed by atoms with Crippen LogP contribution < -0.4 is 0 Å². The first-order valence-electron chi connectivity index (χ1n) is 7.89. The van der Waals surface area contributed by atoms with Gasteiger partial charge in [-0.05, 0) is 41.6 Å². The Balaban J connectivity index is 1.48. The van der Waals surface area contributed by atoms with Crippen molar-refractivity contribution in [3.05, 3.63) is 70.9 Å². The van der Waals surface area contributed by atoms with Gasteiger partial charge in [0, 0.05) is 16.7 Å². The highest BCUT2D eigenvalue weighted by atomic mass is 35.5. The van der Waals surface area contributed by atoms with Crippen LogP contribution in [0.25, 0.3) is 16.9 Å². The normalized spacial score (nSPS) is 11.0. The molecule has 0 aliphatic rings. The van der Waals surface area contributed by atoms with Crippen LogP contribution in [0.2, 0.25) is 5.02 Å². The Morgan fingerprint density at radius 2 is 1.85 bits per heavy atom. The fraction of sp³-hybridized carbons (Fsp3) is 0.111. The van der Waals surface area contributed by atoms with Crippen LogP contribution in [0.4, 0.5) is 0 Å². The summed E-state index contributed by atoms with van der Waals surface area (Å²) in [6.07, 6.45) is 0. The Morgan fingerprint density at radius 3 is 2.62 bits per heavy atom. The number of aryl methyl sites for hydroxylation is 1. The number of halogens is 1. The smallest absolute Gasteiger partial charge is 0.214 e. The van der Waals surface area contributed by atoms with Crippen LogP contribution in [0.5, 0.6) is 0 Å². The van der Waals surface area contributed by atoms with E-state index in [9.17, 15) is 0 Å². The molecule has 0 radical (unpaired) electrons. The van der Waals surface area contributed by atoms with Crippen LogP contribution in [-0.2, 0) is 5.75 Å². The van der Waals surface area contributed by atoms with Crippen molar-refractivity contribution in [2.75, 3.05) is 0 Å². The maximum atomic E-state index is 5.92. The van der Waals surface area contributed by atoms with Crippen molar-refractivity contribution in [3.8, 4) is 16.9 Å². The minimum atomic E-state index is 0.576. The zero-order valence-corrected chi connectivity index (χ0v) is 15.4. The van der Waals surface area contributed by atoms with E-state index in [-0.39, 0.29) is 0 Å². The topological polar surface area (TPSA) is 69.6 Å². The van der Waals surface area contributed by atoms with Gasteiger partial charge in [0.15, 0.2) is 0 Å². The maximum Gasteiger partial charge on any atom is 0.214 e. The van der Waals surface area contributed by atoms with Crippen molar-refractivity contribution in [3.63, 3.8) is 0 Å². The van der Waals surface area contributed by atoms with Crippen molar-refractivity contribution in [2.45, 2.75) is 17.8 Å². The van der Waals surface area contributed by atoms with E-state index in [2.05, 4.69) is 20.7 Å². The molecule has 0 saturated heterocycles. The first kappa shape index (κ1) is 16.8. The molecule has 4 aromatic rings. The van der Waals surface area contributed by atoms with E-state index in [0.29, 0.717) is 15.9 Å². The van der Waals surface area contributed by atoms with E-state index in [1.165, 1.54) is 17.3 Å². The predicted molar refractivity (Wildman–Crippen MR) is 100 cm³/mol. The zero-order chi connectivity index (χ0) is 17.9. The summed E-state index contributed by atoms with van der Waals surface area (Å²) in [5, 5.41) is 17.4. The molecule has 0 N–H and O–H groups in total. The Hall–Kier alpha value is -2.64. The summed E-state index contributed by atoms with van der Waals surface area (Å²) in [4.78, 5) is 0. The SMILES string of the molecule is Cc1ccc(-n2nnnc2SCc2cc(-c3ccc(Cl)cc3)no2)cc1. The summed E-state index contributed by atoms with van der Waals surface area (Å²) in [7, 11) is 0. The molecule has 0 saturated carbocycles. The highest BCUT2D eigenvalue weighted by Gasteiger charge is 2.12. The van der Waals surface area contributed by atoms with E-state index in [1.807, 2.05) is 61.5 Å². The second-order valence-corrected chi connectivity index (χ2v) is 7.06. The lowest BCUT2D eigenvalue weighted by atomic mass is 10.1. The number of thioether (sulfide) groups is 1. The zero-order valence-electron chi connectivity index (χ0n) is 13.8. The van der Waals surface area contributed by atoms with Crippen LogP contribution in [0, 0.1) is 6.92 Å². The molecule has 0 amide bonds. The van der Waals surface area contributed by atoms with Gasteiger partial charge in [-0.25, -0.2) is 0 Å². The highest BCUT2D eigenvalue weighted by molar-refractivity contribution is 7.98. The number of hydrogen-bond donors (Lipinski definition) is 0. The van der Waals surface area contributed by atoms with Crippen molar-refractivity contribution < 1.29 is 4.52 Å². The van der Waals surface area contributed by atoms with Gasteiger partial charge in [0.05, 0.1) is 11.4 Å². The molecule has 6 nitrogen and oxygen atoms in total. The minimum Gasteiger partial charge on any atom is -0.360 e. The molecule has 0 bridgehead atoms. The van der Waals surface area contributed by atoms with Crippen molar-refractivity contribution in [2.24, 2.45) is 0 Å². The molecule has 0 aliphatic carbocycles. The molecule has 8 heteroatoms. The third-order valence-corrected chi connectivity index (χ3v) is 4.96. The standard InChI is InChI=1S/C18H14ClN5OS/c1-12-2-8-15(9-3-12)24-18(20-22-23-24)26-11-16-10-17(21-25-16)13-4-6-14(19)7-5-13/h2-10H,11H2,1H3. The van der Waals surface area contributed by atoms with Crippen LogP contribution >= 0.6 is 23.4 Å². The van der Waals surface area contributed by atoms with Gasteiger partial charge in [-0.15, -0.1) is 5.10 Å². The van der Waals surface area contributed by atoms with Gasteiger partial charge in [-0.1, -0.05) is 58.3 Å². The molecular formula is C18H14ClN5OS. The summed E-state index contributed by atoms with van der Waals surface area (Å²) in [6.45, 7) is 2.04. The number of nitrogens with zero attached hydrogens (tertiary/aromatic N) is 5. The van der Waals surface area contributed by atoms with Gasteiger partial charge >= 0.3 is 0 Å². The summed E-state index contributed by atoms with van der Waals surface area (Å²) in [5.74, 6) is 1.32. The van der Waals surface area contributed by atoms with Gasteiger partial charge in [-0.3, -0.25) is 0 Å². The van der Waals surface area contributed by atoms with Crippen molar-refractivity contribution in [1.29, 1.82) is 0 Å². The van der Waals surface area contributed by atoms with Crippen molar-refractivity contribution in [1.82, 2.24) is 25.4 Å². The molecule has 0 aliphatic heterocycles. The maximum absolute atomic E-state index is 5.92. The molecule has 2 aromatic carbocycles. The van der Waals surface area contributed by atoms with Gasteiger partial charge < -0.3 is 4.52 Å². The average molecular weight is 384 g/mol. The molecule has 0 spiro atoms. The molecule has 0 atom stereocenters. The summed E-state index contributed by atoms with van der Waals surface area (Å²) >= 11 is 7.41. The number of hydrogen-bond acceptors (Lipinski definition) is 6. The number of benzene rings is 2. The van der Waals surface area contributed by atoms with E-state index in [1.54, 1.807) is 4.68 Å². The second-order valence-electron chi connectivity index (χ2n) is 5.68. The molecule has 4 rings (SSSR count). The predicted octanol–water partition coefficient (Wildman–Crippen LogP) is 4.57. The van der Waals surface area contributed by atoms with E-state index in [0.717, 1.165) is 22.7 Å². The largest absolute Gasteiger partial charge is 0.360 e. The summed E-state index contributed by atoms with van der Waals surface area (Å²) in [5.41, 5.74) is 3.84. The molecule has 0 fully saturated rings. The lowest BCUT2D eigenvalue weighted by molar-refractivity contribution is 0.397. The third kappa shape index (κ3) is 3.63. The summed E-state index contributed by atoms with van der Waals surface area (Å²) < 4.78 is 7.14.